The first-order valence-electron chi connectivity index (χ1n) is 5.77. The van der Waals surface area contributed by atoms with Crippen LogP contribution >= 0.6 is 22.9 Å². The Bertz CT molecular complexity index is 598. The van der Waals surface area contributed by atoms with Crippen LogP contribution in [0.3, 0.4) is 0 Å². The highest BCUT2D eigenvalue weighted by Gasteiger charge is 2.18. The number of anilines is 1. The third kappa shape index (κ3) is 3.45. The SMILES string of the molecule is CCOC(=O)c1nc(N)sc1Cc1cccc(Cl)c1. The maximum Gasteiger partial charge on any atom is 0.358 e. The number of nitrogens with two attached hydrogens (primary N) is 1. The molecule has 0 aliphatic carbocycles. The molecule has 2 N–H and O–H groups in total. The number of hydrogen-bond acceptors (Lipinski definition) is 5. The van der Waals surface area contributed by atoms with Crippen LogP contribution in [-0.4, -0.2) is 17.6 Å². The molecule has 1 aromatic heterocycles. The Morgan fingerprint density at radius 2 is 2.32 bits per heavy atom. The number of carbonyl (C=O) groups excluding carboxylic acids is 1. The first kappa shape index (κ1) is 13.8. The number of ether oxygens (including phenoxy) is 1. The normalized spacial score (nSPS) is 10.4. The molecular weight excluding hydrogens is 284 g/mol. The van der Waals surface area contributed by atoms with Crippen LogP contribution in [0.2, 0.25) is 5.02 Å². The second-order valence-corrected chi connectivity index (χ2v) is 5.40. The van der Waals surface area contributed by atoms with Gasteiger partial charge in [0.1, 0.15) is 0 Å². The van der Waals surface area contributed by atoms with Crippen molar-refractivity contribution in [1.29, 1.82) is 0 Å². The van der Waals surface area contributed by atoms with Gasteiger partial charge in [-0.3, -0.25) is 0 Å². The molecule has 0 amide bonds. The Hall–Kier alpha value is -1.59. The Labute approximate surface area is 120 Å². The summed E-state index contributed by atoms with van der Waals surface area (Å²) in [5.74, 6) is -0.438. The zero-order valence-electron chi connectivity index (χ0n) is 10.4. The van der Waals surface area contributed by atoms with E-state index in [4.69, 9.17) is 22.1 Å². The Morgan fingerprint density at radius 1 is 1.53 bits per heavy atom. The molecule has 1 heterocycles. The molecule has 0 radical (unpaired) electrons. The number of aromatic nitrogens is 1. The molecule has 100 valence electrons. The molecule has 0 bridgehead atoms. The van der Waals surface area contributed by atoms with E-state index in [1.807, 2.05) is 18.2 Å². The summed E-state index contributed by atoms with van der Waals surface area (Å²) >= 11 is 7.23. The van der Waals surface area contributed by atoms with E-state index in [9.17, 15) is 4.79 Å². The Morgan fingerprint density at radius 3 is 3.00 bits per heavy atom. The lowest BCUT2D eigenvalue weighted by Crippen LogP contribution is -2.08. The van der Waals surface area contributed by atoms with E-state index < -0.39 is 5.97 Å². The summed E-state index contributed by atoms with van der Waals surface area (Å²) in [5, 5.41) is 1.02. The summed E-state index contributed by atoms with van der Waals surface area (Å²) in [6, 6.07) is 7.47. The molecule has 0 atom stereocenters. The predicted molar refractivity (Wildman–Crippen MR) is 76.7 cm³/mol. The smallest absolute Gasteiger partial charge is 0.358 e. The fourth-order valence-corrected chi connectivity index (χ4v) is 2.75. The molecule has 1 aromatic carbocycles. The second kappa shape index (κ2) is 6.04. The number of rotatable bonds is 4. The zero-order chi connectivity index (χ0) is 13.8. The van der Waals surface area contributed by atoms with E-state index in [0.717, 1.165) is 10.4 Å². The van der Waals surface area contributed by atoms with Crippen molar-refractivity contribution in [2.45, 2.75) is 13.3 Å². The summed E-state index contributed by atoms with van der Waals surface area (Å²) in [5.41, 5.74) is 6.97. The van der Waals surface area contributed by atoms with E-state index in [1.165, 1.54) is 11.3 Å². The molecule has 4 nitrogen and oxygen atoms in total. The number of carbonyl (C=O) groups is 1. The number of halogens is 1. The highest BCUT2D eigenvalue weighted by molar-refractivity contribution is 7.15. The third-order valence-corrected chi connectivity index (χ3v) is 3.56. The maximum atomic E-state index is 11.8. The van der Waals surface area contributed by atoms with Crippen LogP contribution < -0.4 is 5.73 Å². The fraction of sp³-hybridized carbons (Fsp3) is 0.231. The van der Waals surface area contributed by atoms with Gasteiger partial charge in [0, 0.05) is 16.3 Å². The van der Waals surface area contributed by atoms with Gasteiger partial charge >= 0.3 is 5.97 Å². The maximum absolute atomic E-state index is 11.8. The molecule has 0 saturated heterocycles. The molecule has 0 aliphatic heterocycles. The summed E-state index contributed by atoms with van der Waals surface area (Å²) in [4.78, 5) is 16.6. The second-order valence-electron chi connectivity index (χ2n) is 3.85. The van der Waals surface area contributed by atoms with Gasteiger partial charge in [-0.25, -0.2) is 9.78 Å². The molecule has 0 aliphatic rings. The largest absolute Gasteiger partial charge is 0.461 e. The molecule has 2 rings (SSSR count). The molecule has 0 saturated carbocycles. The van der Waals surface area contributed by atoms with Crippen molar-refractivity contribution in [2.24, 2.45) is 0 Å². The number of benzene rings is 1. The van der Waals surface area contributed by atoms with Gasteiger partial charge in [-0.05, 0) is 24.6 Å². The van der Waals surface area contributed by atoms with Crippen LogP contribution in [0.15, 0.2) is 24.3 Å². The van der Waals surface area contributed by atoms with Crippen molar-refractivity contribution in [2.75, 3.05) is 12.3 Å². The molecule has 19 heavy (non-hydrogen) atoms. The van der Waals surface area contributed by atoms with E-state index in [1.54, 1.807) is 13.0 Å². The average Bonchev–Trinajstić information content (AvgIpc) is 2.70. The number of nitrogens with zero attached hydrogens (tertiary/aromatic N) is 1. The van der Waals surface area contributed by atoms with Crippen LogP contribution in [0.1, 0.15) is 27.9 Å². The monoisotopic (exact) mass is 296 g/mol. The lowest BCUT2D eigenvalue weighted by molar-refractivity contribution is 0.0519. The number of esters is 1. The number of nitrogen functional groups attached to an aromatic ring is 1. The topological polar surface area (TPSA) is 65.2 Å². The first-order chi connectivity index (χ1) is 9.10. The quantitative estimate of drug-likeness (QED) is 0.880. The lowest BCUT2D eigenvalue weighted by atomic mass is 10.1. The van der Waals surface area contributed by atoms with Crippen LogP contribution in [-0.2, 0) is 11.2 Å². The summed E-state index contributed by atoms with van der Waals surface area (Å²) in [6.45, 7) is 2.07. The Kier molecular flexibility index (Phi) is 4.39. The van der Waals surface area contributed by atoms with Crippen LogP contribution in [0, 0.1) is 0 Å². The van der Waals surface area contributed by atoms with Crippen molar-refractivity contribution in [1.82, 2.24) is 4.98 Å². The predicted octanol–water partition coefficient (Wildman–Crippen LogP) is 3.15. The summed E-state index contributed by atoms with van der Waals surface area (Å²) < 4.78 is 4.97. The van der Waals surface area contributed by atoms with Gasteiger partial charge in [0.05, 0.1) is 6.61 Å². The van der Waals surface area contributed by atoms with Crippen molar-refractivity contribution in [3.8, 4) is 0 Å². The zero-order valence-corrected chi connectivity index (χ0v) is 11.9. The van der Waals surface area contributed by atoms with Crippen LogP contribution in [0.25, 0.3) is 0 Å². The standard InChI is InChI=1S/C13H13ClN2O2S/c1-2-18-12(17)11-10(19-13(15)16-11)7-8-4-3-5-9(14)6-8/h3-6H,2,7H2,1H3,(H2,15,16). The molecule has 0 unspecified atom stereocenters. The van der Waals surface area contributed by atoms with Crippen LogP contribution in [0.5, 0.6) is 0 Å². The minimum absolute atomic E-state index is 0.296. The molecule has 2 aromatic rings. The van der Waals surface area contributed by atoms with Crippen molar-refractivity contribution < 1.29 is 9.53 Å². The number of hydrogen-bond donors (Lipinski definition) is 1. The van der Waals surface area contributed by atoms with Gasteiger partial charge in [-0.1, -0.05) is 23.7 Å². The van der Waals surface area contributed by atoms with Crippen molar-refractivity contribution in [3.63, 3.8) is 0 Å². The van der Waals surface area contributed by atoms with Gasteiger partial charge in [-0.2, -0.15) is 0 Å². The highest BCUT2D eigenvalue weighted by Crippen LogP contribution is 2.25. The van der Waals surface area contributed by atoms with E-state index >= 15 is 0 Å². The number of thiazole rings is 1. The lowest BCUT2D eigenvalue weighted by Gasteiger charge is -2.03. The van der Waals surface area contributed by atoms with Crippen LogP contribution in [0.4, 0.5) is 5.13 Å². The van der Waals surface area contributed by atoms with E-state index in [-0.39, 0.29) is 0 Å². The average molecular weight is 297 g/mol. The molecule has 0 spiro atoms. The minimum atomic E-state index is -0.438. The summed E-state index contributed by atoms with van der Waals surface area (Å²) in [7, 11) is 0. The van der Waals surface area contributed by atoms with Gasteiger partial charge in [-0.15, -0.1) is 11.3 Å². The summed E-state index contributed by atoms with van der Waals surface area (Å²) in [6.07, 6.45) is 0.559. The van der Waals surface area contributed by atoms with E-state index in [2.05, 4.69) is 4.98 Å². The molecular formula is C13H13ClN2O2S. The Balaban J connectivity index is 2.27. The highest BCUT2D eigenvalue weighted by atomic mass is 35.5. The first-order valence-corrected chi connectivity index (χ1v) is 6.96. The molecule has 6 heteroatoms. The van der Waals surface area contributed by atoms with Gasteiger partial charge < -0.3 is 10.5 Å². The van der Waals surface area contributed by atoms with Gasteiger partial charge in [0.15, 0.2) is 10.8 Å². The van der Waals surface area contributed by atoms with Gasteiger partial charge in [0.2, 0.25) is 0 Å². The van der Waals surface area contributed by atoms with E-state index in [0.29, 0.717) is 28.9 Å². The van der Waals surface area contributed by atoms with Crippen molar-refractivity contribution in [3.05, 3.63) is 45.4 Å². The molecule has 0 fully saturated rings. The minimum Gasteiger partial charge on any atom is -0.461 e. The van der Waals surface area contributed by atoms with Gasteiger partial charge in [0.25, 0.3) is 0 Å². The third-order valence-electron chi connectivity index (χ3n) is 2.44. The van der Waals surface area contributed by atoms with Crippen molar-refractivity contribution >= 4 is 34.0 Å². The fourth-order valence-electron chi connectivity index (χ4n) is 1.68.